The molecule has 1 atom stereocenters. The zero-order valence-electron chi connectivity index (χ0n) is 9.09. The second kappa shape index (κ2) is 5.23. The van der Waals surface area contributed by atoms with Crippen molar-refractivity contribution < 1.29 is 4.74 Å². The van der Waals surface area contributed by atoms with Crippen LogP contribution in [0.1, 0.15) is 12.8 Å². The Bertz CT molecular complexity index is 271. The number of rotatable bonds is 7. The minimum atomic E-state index is 0.513. The van der Waals surface area contributed by atoms with E-state index in [-0.39, 0.29) is 0 Å². The molecule has 1 fully saturated rings. The van der Waals surface area contributed by atoms with Gasteiger partial charge in [0.2, 0.25) is 0 Å². The summed E-state index contributed by atoms with van der Waals surface area (Å²) in [6.07, 6.45) is 5.98. The Hall–Kier alpha value is -0.940. The number of ether oxygens (including phenoxy) is 1. The van der Waals surface area contributed by atoms with Gasteiger partial charge in [-0.3, -0.25) is 4.68 Å². The molecular weight excluding hydrogens is 192 g/mol. The summed E-state index contributed by atoms with van der Waals surface area (Å²) in [6, 6.07) is 0.513. The third-order valence-corrected chi connectivity index (χ3v) is 2.75. The quantitative estimate of drug-likeness (QED) is 0.703. The molecule has 0 bridgehead atoms. The van der Waals surface area contributed by atoms with Crippen molar-refractivity contribution in [3.63, 3.8) is 0 Å². The van der Waals surface area contributed by atoms with Gasteiger partial charge >= 0.3 is 0 Å². The molecule has 1 unspecified atom stereocenters. The van der Waals surface area contributed by atoms with E-state index in [1.165, 1.54) is 12.8 Å². The van der Waals surface area contributed by atoms with Crippen molar-refractivity contribution in [1.82, 2.24) is 20.1 Å². The molecule has 1 heterocycles. The highest BCUT2D eigenvalue weighted by Crippen LogP contribution is 2.32. The van der Waals surface area contributed by atoms with Crippen LogP contribution in [0.4, 0.5) is 0 Å². The summed E-state index contributed by atoms with van der Waals surface area (Å²) in [5.74, 6) is 0.820. The maximum atomic E-state index is 5.20. The predicted molar refractivity (Wildman–Crippen MR) is 56.4 cm³/mol. The number of methoxy groups -OCH3 is 1. The SMILES string of the molecule is COCC(NCCn1cncn1)C1CC1. The van der Waals surface area contributed by atoms with Gasteiger partial charge in [-0.2, -0.15) is 5.10 Å². The first-order chi connectivity index (χ1) is 7.40. The topological polar surface area (TPSA) is 52.0 Å². The molecule has 1 aromatic rings. The van der Waals surface area contributed by atoms with Gasteiger partial charge in [0, 0.05) is 19.7 Å². The van der Waals surface area contributed by atoms with Crippen LogP contribution in [0.15, 0.2) is 12.7 Å². The molecule has 0 aliphatic heterocycles. The van der Waals surface area contributed by atoms with Crippen LogP contribution in [0.2, 0.25) is 0 Å². The Balaban J connectivity index is 1.66. The molecule has 1 saturated carbocycles. The Labute approximate surface area is 89.8 Å². The fraction of sp³-hybridized carbons (Fsp3) is 0.800. The highest BCUT2D eigenvalue weighted by Gasteiger charge is 2.30. The van der Waals surface area contributed by atoms with Crippen molar-refractivity contribution in [2.75, 3.05) is 20.3 Å². The molecule has 1 aromatic heterocycles. The van der Waals surface area contributed by atoms with E-state index in [4.69, 9.17) is 4.74 Å². The number of aromatic nitrogens is 3. The molecule has 84 valence electrons. The second-order valence-corrected chi connectivity index (χ2v) is 4.01. The van der Waals surface area contributed by atoms with Crippen LogP contribution in [-0.4, -0.2) is 41.1 Å². The first-order valence-corrected chi connectivity index (χ1v) is 5.45. The van der Waals surface area contributed by atoms with Crippen molar-refractivity contribution in [2.45, 2.75) is 25.4 Å². The zero-order chi connectivity index (χ0) is 10.5. The fourth-order valence-electron chi connectivity index (χ4n) is 1.75. The predicted octanol–water partition coefficient (Wildman–Crippen LogP) is 0.293. The normalized spacial score (nSPS) is 17.9. The van der Waals surface area contributed by atoms with Crippen LogP contribution in [0, 0.1) is 5.92 Å². The van der Waals surface area contributed by atoms with Gasteiger partial charge in [0.05, 0.1) is 13.2 Å². The summed E-state index contributed by atoms with van der Waals surface area (Å²) in [6.45, 7) is 2.60. The van der Waals surface area contributed by atoms with Gasteiger partial charge in [-0.25, -0.2) is 4.98 Å². The Morgan fingerprint density at radius 2 is 2.47 bits per heavy atom. The minimum Gasteiger partial charge on any atom is -0.383 e. The van der Waals surface area contributed by atoms with Crippen molar-refractivity contribution in [2.24, 2.45) is 5.92 Å². The van der Waals surface area contributed by atoms with Crippen LogP contribution >= 0.6 is 0 Å². The molecule has 0 spiro atoms. The smallest absolute Gasteiger partial charge is 0.137 e. The lowest BCUT2D eigenvalue weighted by Crippen LogP contribution is -2.37. The number of hydrogen-bond donors (Lipinski definition) is 1. The molecule has 15 heavy (non-hydrogen) atoms. The molecule has 0 amide bonds. The summed E-state index contributed by atoms with van der Waals surface area (Å²) in [5.41, 5.74) is 0. The van der Waals surface area contributed by atoms with Crippen LogP contribution in [0.25, 0.3) is 0 Å². The van der Waals surface area contributed by atoms with E-state index in [9.17, 15) is 0 Å². The van der Waals surface area contributed by atoms with Gasteiger partial charge in [0.15, 0.2) is 0 Å². The van der Waals surface area contributed by atoms with E-state index in [0.717, 1.165) is 25.6 Å². The van der Waals surface area contributed by atoms with Crippen LogP contribution < -0.4 is 5.32 Å². The van der Waals surface area contributed by atoms with Gasteiger partial charge in [-0.15, -0.1) is 0 Å². The monoisotopic (exact) mass is 210 g/mol. The third-order valence-electron chi connectivity index (χ3n) is 2.75. The van der Waals surface area contributed by atoms with Crippen molar-refractivity contribution in [3.05, 3.63) is 12.7 Å². The zero-order valence-corrected chi connectivity index (χ0v) is 9.09. The maximum absolute atomic E-state index is 5.20. The van der Waals surface area contributed by atoms with E-state index in [1.54, 1.807) is 19.8 Å². The molecule has 5 nitrogen and oxygen atoms in total. The van der Waals surface area contributed by atoms with Crippen LogP contribution in [0.5, 0.6) is 0 Å². The van der Waals surface area contributed by atoms with E-state index < -0.39 is 0 Å². The van der Waals surface area contributed by atoms with Gasteiger partial charge < -0.3 is 10.1 Å². The molecule has 0 aromatic carbocycles. The van der Waals surface area contributed by atoms with Gasteiger partial charge in [-0.1, -0.05) is 0 Å². The van der Waals surface area contributed by atoms with E-state index in [0.29, 0.717) is 6.04 Å². The first kappa shape index (κ1) is 10.6. The highest BCUT2D eigenvalue weighted by molar-refractivity contribution is 4.86. The largest absolute Gasteiger partial charge is 0.383 e. The molecule has 0 saturated heterocycles. The van der Waals surface area contributed by atoms with E-state index >= 15 is 0 Å². The van der Waals surface area contributed by atoms with Crippen molar-refractivity contribution in [1.29, 1.82) is 0 Å². The van der Waals surface area contributed by atoms with Crippen molar-refractivity contribution >= 4 is 0 Å². The molecular formula is C10H18N4O. The minimum absolute atomic E-state index is 0.513. The maximum Gasteiger partial charge on any atom is 0.137 e. The Kier molecular flexibility index (Phi) is 3.69. The lowest BCUT2D eigenvalue weighted by molar-refractivity contribution is 0.157. The summed E-state index contributed by atoms with van der Waals surface area (Å²) >= 11 is 0. The summed E-state index contributed by atoms with van der Waals surface area (Å²) in [7, 11) is 1.76. The number of hydrogen-bond acceptors (Lipinski definition) is 4. The summed E-state index contributed by atoms with van der Waals surface area (Å²) in [5, 5.41) is 7.56. The third kappa shape index (κ3) is 3.28. The molecule has 1 aliphatic rings. The van der Waals surface area contributed by atoms with Crippen LogP contribution in [-0.2, 0) is 11.3 Å². The summed E-state index contributed by atoms with van der Waals surface area (Å²) < 4.78 is 7.03. The van der Waals surface area contributed by atoms with E-state index in [2.05, 4.69) is 15.4 Å². The van der Waals surface area contributed by atoms with E-state index in [1.807, 2.05) is 4.68 Å². The molecule has 1 aliphatic carbocycles. The molecule has 5 heteroatoms. The lowest BCUT2D eigenvalue weighted by atomic mass is 10.2. The highest BCUT2D eigenvalue weighted by atomic mass is 16.5. The fourth-order valence-corrected chi connectivity index (χ4v) is 1.75. The second-order valence-electron chi connectivity index (χ2n) is 4.01. The lowest BCUT2D eigenvalue weighted by Gasteiger charge is -2.16. The molecule has 0 radical (unpaired) electrons. The van der Waals surface area contributed by atoms with Gasteiger partial charge in [0.1, 0.15) is 12.7 Å². The average molecular weight is 210 g/mol. The number of nitrogens with one attached hydrogen (secondary N) is 1. The average Bonchev–Trinajstić information content (AvgIpc) is 2.96. The Morgan fingerprint density at radius 3 is 3.07 bits per heavy atom. The van der Waals surface area contributed by atoms with Crippen LogP contribution in [0.3, 0.4) is 0 Å². The number of nitrogens with zero attached hydrogens (tertiary/aromatic N) is 3. The molecule has 2 rings (SSSR count). The Morgan fingerprint density at radius 1 is 1.60 bits per heavy atom. The first-order valence-electron chi connectivity index (χ1n) is 5.45. The van der Waals surface area contributed by atoms with Gasteiger partial charge in [-0.05, 0) is 18.8 Å². The van der Waals surface area contributed by atoms with Crippen molar-refractivity contribution in [3.8, 4) is 0 Å². The standard InChI is InChI=1S/C10H18N4O/c1-15-6-10(9-2-3-9)12-4-5-14-8-11-7-13-14/h7-10,12H,2-6H2,1H3. The summed E-state index contributed by atoms with van der Waals surface area (Å²) in [4.78, 5) is 3.90. The molecule has 1 N–H and O–H groups in total. The van der Waals surface area contributed by atoms with Gasteiger partial charge in [0.25, 0.3) is 0 Å².